The number of rotatable bonds is 5. The summed E-state index contributed by atoms with van der Waals surface area (Å²) in [6.07, 6.45) is 2.68. The maximum atomic E-state index is 11.1. The van der Waals surface area contributed by atoms with Gasteiger partial charge in [-0.2, -0.15) is 0 Å². The van der Waals surface area contributed by atoms with Gasteiger partial charge in [-0.15, -0.1) is 0 Å². The van der Waals surface area contributed by atoms with E-state index in [0.29, 0.717) is 6.42 Å². The third kappa shape index (κ3) is 3.13. The van der Waals surface area contributed by atoms with E-state index in [2.05, 4.69) is 53.4 Å². The molecule has 2 aromatic rings. The number of nitrogens with zero attached hydrogens (tertiary/aromatic N) is 1. The summed E-state index contributed by atoms with van der Waals surface area (Å²) < 4.78 is 0. The SMILES string of the molecule is CC(=O)CCCCN1c2ccccc2Sc2ccccc21. The standard InChI is InChI=1S/C18H19NOS/c1-14(20)8-6-7-13-19-15-9-2-4-11-17(15)21-18-12-5-3-10-16(18)19/h2-5,9-12H,6-8,13H2,1H3. The minimum atomic E-state index is 0.282. The van der Waals surface area contributed by atoms with Gasteiger partial charge in [0.15, 0.2) is 0 Å². The Morgan fingerprint density at radius 1 is 0.952 bits per heavy atom. The van der Waals surface area contributed by atoms with E-state index in [1.165, 1.54) is 21.2 Å². The summed E-state index contributed by atoms with van der Waals surface area (Å²) in [7, 11) is 0. The first kappa shape index (κ1) is 14.2. The molecule has 1 aliphatic rings. The number of hydrogen-bond donors (Lipinski definition) is 0. The number of carbonyl (C=O) groups excluding carboxylic acids is 1. The normalized spacial score (nSPS) is 12.7. The Balaban J connectivity index is 1.83. The van der Waals surface area contributed by atoms with E-state index in [0.717, 1.165) is 19.4 Å². The number of Topliss-reactive ketones (excluding diaryl/α,β-unsaturated/α-hetero) is 1. The highest BCUT2D eigenvalue weighted by Gasteiger charge is 2.22. The highest BCUT2D eigenvalue weighted by Crippen LogP contribution is 2.47. The van der Waals surface area contributed by atoms with Gasteiger partial charge in [-0.05, 0) is 44.0 Å². The van der Waals surface area contributed by atoms with Crippen molar-refractivity contribution in [3.8, 4) is 0 Å². The Morgan fingerprint density at radius 3 is 2.10 bits per heavy atom. The number of anilines is 2. The molecule has 3 heteroatoms. The highest BCUT2D eigenvalue weighted by atomic mass is 32.2. The fourth-order valence-electron chi connectivity index (χ4n) is 2.67. The monoisotopic (exact) mass is 297 g/mol. The molecule has 0 N–H and O–H groups in total. The predicted molar refractivity (Wildman–Crippen MR) is 88.5 cm³/mol. The molecule has 108 valence electrons. The van der Waals surface area contributed by atoms with Gasteiger partial charge in [0, 0.05) is 22.8 Å². The van der Waals surface area contributed by atoms with Crippen LogP contribution < -0.4 is 4.90 Å². The van der Waals surface area contributed by atoms with Crippen molar-refractivity contribution in [2.45, 2.75) is 36.0 Å². The summed E-state index contributed by atoms with van der Waals surface area (Å²) in [6.45, 7) is 2.63. The summed E-state index contributed by atoms with van der Waals surface area (Å²) in [6, 6.07) is 17.1. The number of benzene rings is 2. The molecular weight excluding hydrogens is 278 g/mol. The lowest BCUT2D eigenvalue weighted by atomic mass is 10.1. The zero-order valence-electron chi connectivity index (χ0n) is 12.2. The molecule has 0 atom stereocenters. The topological polar surface area (TPSA) is 20.3 Å². The van der Waals surface area contributed by atoms with E-state index in [9.17, 15) is 4.79 Å². The molecule has 0 radical (unpaired) electrons. The van der Waals surface area contributed by atoms with Gasteiger partial charge < -0.3 is 9.69 Å². The molecule has 0 fully saturated rings. The molecule has 0 aromatic heterocycles. The van der Waals surface area contributed by atoms with Gasteiger partial charge in [-0.25, -0.2) is 0 Å². The molecule has 1 heterocycles. The molecule has 3 rings (SSSR count). The summed E-state index contributed by atoms with van der Waals surface area (Å²) in [5.41, 5.74) is 2.56. The number of carbonyl (C=O) groups is 1. The molecular formula is C18H19NOS. The average Bonchev–Trinajstić information content (AvgIpc) is 2.50. The van der Waals surface area contributed by atoms with Gasteiger partial charge in [0.1, 0.15) is 5.78 Å². The van der Waals surface area contributed by atoms with E-state index < -0.39 is 0 Å². The van der Waals surface area contributed by atoms with Crippen LogP contribution in [0.1, 0.15) is 26.2 Å². The fraction of sp³-hybridized carbons (Fsp3) is 0.278. The average molecular weight is 297 g/mol. The summed E-state index contributed by atoms with van der Waals surface area (Å²) in [5, 5.41) is 0. The van der Waals surface area contributed by atoms with Crippen molar-refractivity contribution in [2.75, 3.05) is 11.4 Å². The lowest BCUT2D eigenvalue weighted by Gasteiger charge is -2.32. The van der Waals surface area contributed by atoms with E-state index in [1.54, 1.807) is 6.92 Å². The minimum absolute atomic E-state index is 0.282. The molecule has 0 aliphatic carbocycles. The van der Waals surface area contributed by atoms with Crippen LogP contribution in [0.3, 0.4) is 0 Å². The van der Waals surface area contributed by atoms with E-state index in [-0.39, 0.29) is 5.78 Å². The number of hydrogen-bond acceptors (Lipinski definition) is 3. The predicted octanol–water partition coefficient (Wildman–Crippen LogP) is 5.05. The first-order chi connectivity index (χ1) is 10.3. The van der Waals surface area contributed by atoms with Crippen LogP contribution in [0.4, 0.5) is 11.4 Å². The van der Waals surface area contributed by atoms with Crippen molar-refractivity contribution in [3.05, 3.63) is 48.5 Å². The van der Waals surface area contributed by atoms with Gasteiger partial charge in [0.05, 0.1) is 11.4 Å². The molecule has 2 aromatic carbocycles. The van der Waals surface area contributed by atoms with Crippen molar-refractivity contribution in [1.82, 2.24) is 0 Å². The Morgan fingerprint density at radius 2 is 1.52 bits per heavy atom. The van der Waals surface area contributed by atoms with Gasteiger partial charge in [-0.3, -0.25) is 0 Å². The van der Waals surface area contributed by atoms with Crippen LogP contribution in [0, 0.1) is 0 Å². The second-order valence-corrected chi connectivity index (χ2v) is 6.43. The molecule has 21 heavy (non-hydrogen) atoms. The summed E-state index contributed by atoms with van der Waals surface area (Å²) in [4.78, 5) is 16.1. The number of para-hydroxylation sites is 2. The number of unbranched alkanes of at least 4 members (excludes halogenated alkanes) is 1. The number of fused-ring (bicyclic) bond motifs is 2. The van der Waals surface area contributed by atoms with Gasteiger partial charge in [0.25, 0.3) is 0 Å². The number of ketones is 1. The van der Waals surface area contributed by atoms with Crippen LogP contribution >= 0.6 is 11.8 Å². The van der Waals surface area contributed by atoms with Crippen LogP contribution in [-0.4, -0.2) is 12.3 Å². The van der Waals surface area contributed by atoms with Crippen LogP contribution in [0.2, 0.25) is 0 Å². The molecule has 0 saturated carbocycles. The smallest absolute Gasteiger partial charge is 0.129 e. The maximum absolute atomic E-state index is 11.1. The van der Waals surface area contributed by atoms with Crippen LogP contribution in [0.5, 0.6) is 0 Å². The molecule has 1 aliphatic heterocycles. The Hall–Kier alpha value is -1.74. The van der Waals surface area contributed by atoms with Crippen LogP contribution in [0.25, 0.3) is 0 Å². The molecule has 0 unspecified atom stereocenters. The van der Waals surface area contributed by atoms with Crippen molar-refractivity contribution in [2.24, 2.45) is 0 Å². The minimum Gasteiger partial charge on any atom is -0.340 e. The quantitative estimate of drug-likeness (QED) is 0.720. The highest BCUT2D eigenvalue weighted by molar-refractivity contribution is 7.99. The Bertz CT molecular complexity index is 608. The molecule has 0 spiro atoms. The van der Waals surface area contributed by atoms with E-state index in [1.807, 2.05) is 11.8 Å². The first-order valence-corrected chi connectivity index (χ1v) is 8.20. The molecule has 2 nitrogen and oxygen atoms in total. The Kier molecular flexibility index (Phi) is 4.30. The second-order valence-electron chi connectivity index (χ2n) is 5.35. The third-order valence-electron chi connectivity index (χ3n) is 3.69. The Labute approximate surface area is 130 Å². The third-order valence-corrected chi connectivity index (χ3v) is 4.82. The van der Waals surface area contributed by atoms with Crippen molar-refractivity contribution in [1.29, 1.82) is 0 Å². The van der Waals surface area contributed by atoms with Crippen LogP contribution in [0.15, 0.2) is 58.3 Å². The van der Waals surface area contributed by atoms with Gasteiger partial charge >= 0.3 is 0 Å². The lowest BCUT2D eigenvalue weighted by molar-refractivity contribution is -0.117. The fourth-order valence-corrected chi connectivity index (χ4v) is 3.76. The molecule has 0 amide bonds. The maximum Gasteiger partial charge on any atom is 0.129 e. The largest absolute Gasteiger partial charge is 0.340 e. The van der Waals surface area contributed by atoms with E-state index >= 15 is 0 Å². The van der Waals surface area contributed by atoms with Crippen molar-refractivity contribution < 1.29 is 4.79 Å². The zero-order chi connectivity index (χ0) is 14.7. The zero-order valence-corrected chi connectivity index (χ0v) is 13.0. The van der Waals surface area contributed by atoms with Crippen molar-refractivity contribution in [3.63, 3.8) is 0 Å². The van der Waals surface area contributed by atoms with Gasteiger partial charge in [0.2, 0.25) is 0 Å². The summed E-state index contributed by atoms with van der Waals surface area (Å²) in [5.74, 6) is 0.282. The summed E-state index contributed by atoms with van der Waals surface area (Å²) >= 11 is 1.83. The van der Waals surface area contributed by atoms with Crippen molar-refractivity contribution >= 4 is 28.9 Å². The molecule has 0 saturated heterocycles. The van der Waals surface area contributed by atoms with Gasteiger partial charge in [-0.1, -0.05) is 36.0 Å². The first-order valence-electron chi connectivity index (χ1n) is 7.38. The van der Waals surface area contributed by atoms with Crippen LogP contribution in [-0.2, 0) is 4.79 Å². The van der Waals surface area contributed by atoms with E-state index in [4.69, 9.17) is 0 Å². The second kappa shape index (κ2) is 6.35. The molecule has 0 bridgehead atoms. The lowest BCUT2D eigenvalue weighted by Crippen LogP contribution is -2.21.